The summed E-state index contributed by atoms with van der Waals surface area (Å²) in [5.41, 5.74) is 0.214. The van der Waals surface area contributed by atoms with Gasteiger partial charge in [0.2, 0.25) is 0 Å². The monoisotopic (exact) mass is 327 g/mol. The van der Waals surface area contributed by atoms with Gasteiger partial charge in [0, 0.05) is 25.2 Å². The fraction of sp³-hybridized carbons (Fsp3) is 0.278. The minimum absolute atomic E-state index is 0.219. The molecule has 1 aromatic carbocycles. The average molecular weight is 327 g/mol. The van der Waals surface area contributed by atoms with E-state index in [0.29, 0.717) is 30.9 Å². The minimum Gasteiger partial charge on any atom is -0.355 e. The third-order valence-corrected chi connectivity index (χ3v) is 4.19. The van der Waals surface area contributed by atoms with Crippen LogP contribution in [-0.2, 0) is 0 Å². The van der Waals surface area contributed by atoms with Crippen LogP contribution >= 0.6 is 0 Å². The highest BCUT2D eigenvalue weighted by molar-refractivity contribution is 5.98. The summed E-state index contributed by atoms with van der Waals surface area (Å²) in [5, 5.41) is 9.19. The molecule has 1 aliphatic rings. The van der Waals surface area contributed by atoms with E-state index in [9.17, 15) is 18.8 Å². The highest BCUT2D eigenvalue weighted by Crippen LogP contribution is 2.27. The molecule has 1 aliphatic heterocycles. The second kappa shape index (κ2) is 6.75. The normalized spacial score (nSPS) is 17.4. The first-order chi connectivity index (χ1) is 11.6. The first-order valence-corrected chi connectivity index (χ1v) is 7.69. The van der Waals surface area contributed by atoms with Crippen molar-refractivity contribution in [2.24, 2.45) is 5.92 Å². The van der Waals surface area contributed by atoms with Crippen LogP contribution in [0.4, 0.5) is 14.6 Å². The number of pyridine rings is 1. The second-order valence-electron chi connectivity index (χ2n) is 5.76. The van der Waals surface area contributed by atoms with Crippen molar-refractivity contribution in [1.29, 1.82) is 5.26 Å². The number of rotatable bonds is 3. The van der Waals surface area contributed by atoms with Gasteiger partial charge in [-0.1, -0.05) is 0 Å². The summed E-state index contributed by atoms with van der Waals surface area (Å²) in [6.45, 7) is 1.00. The number of benzene rings is 1. The van der Waals surface area contributed by atoms with Crippen molar-refractivity contribution >= 4 is 11.6 Å². The molecule has 2 heterocycles. The van der Waals surface area contributed by atoms with Crippen LogP contribution in [0.3, 0.4) is 0 Å². The number of hydrogen-bond donors (Lipinski definition) is 0. The molecule has 2 aromatic rings. The lowest BCUT2D eigenvalue weighted by atomic mass is 9.89. The quantitative estimate of drug-likeness (QED) is 0.812. The number of Topliss-reactive ketones (excluding diaryl/α,β-unsaturated/α-hetero) is 1. The van der Waals surface area contributed by atoms with Crippen molar-refractivity contribution in [3.05, 3.63) is 59.3 Å². The maximum atomic E-state index is 13.9. The summed E-state index contributed by atoms with van der Waals surface area (Å²) >= 11 is 0. The minimum atomic E-state index is -0.714. The molecule has 0 radical (unpaired) electrons. The molecule has 0 N–H and O–H groups in total. The fourth-order valence-corrected chi connectivity index (χ4v) is 3.03. The molecule has 122 valence electrons. The lowest BCUT2D eigenvalue weighted by Crippen LogP contribution is -2.39. The van der Waals surface area contributed by atoms with Crippen molar-refractivity contribution in [1.82, 2.24) is 4.98 Å². The van der Waals surface area contributed by atoms with Crippen molar-refractivity contribution in [3.8, 4) is 6.07 Å². The molecule has 0 bridgehead atoms. The molecule has 0 amide bonds. The Morgan fingerprint density at radius 3 is 2.96 bits per heavy atom. The Labute approximate surface area is 138 Å². The summed E-state index contributed by atoms with van der Waals surface area (Å²) in [6, 6.07) is 8.33. The molecule has 0 saturated carbocycles. The molecule has 24 heavy (non-hydrogen) atoms. The van der Waals surface area contributed by atoms with Crippen LogP contribution in [-0.4, -0.2) is 23.9 Å². The molecule has 3 rings (SSSR count). The zero-order valence-electron chi connectivity index (χ0n) is 12.9. The Hall–Kier alpha value is -2.81. The maximum Gasteiger partial charge on any atom is 0.170 e. The van der Waals surface area contributed by atoms with E-state index >= 15 is 0 Å². The lowest BCUT2D eigenvalue weighted by Gasteiger charge is -2.33. The van der Waals surface area contributed by atoms with Gasteiger partial charge in [0.15, 0.2) is 5.78 Å². The molecule has 1 atom stereocenters. The van der Waals surface area contributed by atoms with E-state index in [2.05, 4.69) is 11.1 Å². The van der Waals surface area contributed by atoms with E-state index in [1.165, 1.54) is 0 Å². The number of hydrogen-bond acceptors (Lipinski definition) is 4. The van der Waals surface area contributed by atoms with Gasteiger partial charge in [-0.3, -0.25) is 4.79 Å². The molecular formula is C18H15F2N3O. The molecule has 0 aliphatic carbocycles. The predicted molar refractivity (Wildman–Crippen MR) is 84.6 cm³/mol. The summed E-state index contributed by atoms with van der Waals surface area (Å²) in [7, 11) is 0. The highest BCUT2D eigenvalue weighted by atomic mass is 19.1. The van der Waals surface area contributed by atoms with Crippen LogP contribution in [0.25, 0.3) is 0 Å². The number of ketones is 1. The number of halogens is 2. The molecular weight excluding hydrogens is 312 g/mol. The molecule has 4 nitrogen and oxygen atoms in total. The van der Waals surface area contributed by atoms with E-state index < -0.39 is 23.3 Å². The van der Waals surface area contributed by atoms with Crippen molar-refractivity contribution in [3.63, 3.8) is 0 Å². The van der Waals surface area contributed by atoms with Crippen LogP contribution in [0.1, 0.15) is 28.8 Å². The summed E-state index contributed by atoms with van der Waals surface area (Å²) in [5.74, 6) is -1.69. The lowest BCUT2D eigenvalue weighted by molar-refractivity contribution is 0.0902. The summed E-state index contributed by atoms with van der Waals surface area (Å²) < 4.78 is 27.2. The van der Waals surface area contributed by atoms with Gasteiger partial charge >= 0.3 is 0 Å². The Morgan fingerprint density at radius 1 is 1.33 bits per heavy atom. The third-order valence-electron chi connectivity index (χ3n) is 4.19. The molecule has 0 spiro atoms. The van der Waals surface area contributed by atoms with Gasteiger partial charge in [-0.25, -0.2) is 13.8 Å². The van der Waals surface area contributed by atoms with Crippen LogP contribution in [0.2, 0.25) is 0 Å². The number of nitriles is 1. The van der Waals surface area contributed by atoms with E-state index in [1.807, 2.05) is 4.90 Å². The van der Waals surface area contributed by atoms with Crippen molar-refractivity contribution < 1.29 is 13.6 Å². The average Bonchev–Trinajstić information content (AvgIpc) is 2.63. The SMILES string of the molecule is N#Cc1cccnc1N1CCC[C@H](C(=O)c2cc(F)ccc2F)C1. The zero-order valence-corrected chi connectivity index (χ0v) is 12.9. The van der Waals surface area contributed by atoms with Gasteiger partial charge < -0.3 is 4.90 Å². The molecule has 1 fully saturated rings. The van der Waals surface area contributed by atoms with Gasteiger partial charge in [-0.05, 0) is 43.2 Å². The topological polar surface area (TPSA) is 57.0 Å². The van der Waals surface area contributed by atoms with Crippen LogP contribution in [0.5, 0.6) is 0 Å². The Kier molecular flexibility index (Phi) is 4.52. The van der Waals surface area contributed by atoms with E-state index in [4.69, 9.17) is 0 Å². The van der Waals surface area contributed by atoms with Crippen molar-refractivity contribution in [2.75, 3.05) is 18.0 Å². The largest absolute Gasteiger partial charge is 0.355 e. The number of carbonyl (C=O) groups excluding carboxylic acids is 1. The number of piperidine rings is 1. The highest BCUT2D eigenvalue weighted by Gasteiger charge is 2.29. The standard InChI is InChI=1S/C18H15F2N3O/c19-14-5-6-16(20)15(9-14)17(24)13-4-2-8-23(11-13)18-12(10-21)3-1-7-22-18/h1,3,5-7,9,13H,2,4,8,11H2/t13-/m0/s1. The van der Waals surface area contributed by atoms with E-state index in [1.54, 1.807) is 18.3 Å². The van der Waals surface area contributed by atoms with Crippen LogP contribution in [0.15, 0.2) is 36.5 Å². The third kappa shape index (κ3) is 3.11. The Bertz CT molecular complexity index is 816. The maximum absolute atomic E-state index is 13.9. The van der Waals surface area contributed by atoms with Crippen LogP contribution in [0, 0.1) is 28.9 Å². The zero-order chi connectivity index (χ0) is 17.1. The summed E-state index contributed by atoms with van der Waals surface area (Å²) in [4.78, 5) is 18.7. The number of aromatic nitrogens is 1. The molecule has 1 aromatic heterocycles. The molecule has 1 saturated heterocycles. The van der Waals surface area contributed by atoms with Crippen molar-refractivity contribution in [2.45, 2.75) is 12.8 Å². The van der Waals surface area contributed by atoms with Gasteiger partial charge in [0.25, 0.3) is 0 Å². The van der Waals surface area contributed by atoms with E-state index in [0.717, 1.165) is 24.6 Å². The van der Waals surface area contributed by atoms with Crippen LogP contribution < -0.4 is 4.90 Å². The second-order valence-corrected chi connectivity index (χ2v) is 5.76. The van der Waals surface area contributed by atoms with Gasteiger partial charge in [0.1, 0.15) is 23.5 Å². The number of nitrogens with zero attached hydrogens (tertiary/aromatic N) is 3. The van der Waals surface area contributed by atoms with Gasteiger partial charge in [-0.15, -0.1) is 0 Å². The van der Waals surface area contributed by atoms with Gasteiger partial charge in [-0.2, -0.15) is 5.26 Å². The first-order valence-electron chi connectivity index (χ1n) is 7.69. The Balaban J connectivity index is 1.84. The number of carbonyl (C=O) groups is 1. The van der Waals surface area contributed by atoms with E-state index in [-0.39, 0.29) is 5.56 Å². The number of anilines is 1. The molecule has 6 heteroatoms. The summed E-state index contributed by atoms with van der Waals surface area (Å²) in [6.07, 6.45) is 2.91. The first kappa shape index (κ1) is 16.1. The smallest absolute Gasteiger partial charge is 0.170 e. The van der Waals surface area contributed by atoms with Gasteiger partial charge in [0.05, 0.1) is 11.1 Å². The fourth-order valence-electron chi connectivity index (χ4n) is 3.03. The predicted octanol–water partition coefficient (Wildman–Crippen LogP) is 3.33. The Morgan fingerprint density at radius 2 is 2.17 bits per heavy atom. The molecule has 0 unspecified atom stereocenters.